The molecule has 1 aromatic heterocycles. The molecule has 0 radical (unpaired) electrons. The summed E-state index contributed by atoms with van der Waals surface area (Å²) >= 11 is 0. The average Bonchev–Trinajstić information content (AvgIpc) is 2.98. The monoisotopic (exact) mass is 261 g/mol. The molecule has 0 aromatic carbocycles. The summed E-state index contributed by atoms with van der Waals surface area (Å²) in [6, 6.07) is 2.18. The maximum atomic E-state index is 4.84. The summed E-state index contributed by atoms with van der Waals surface area (Å²) < 4.78 is 0. The van der Waals surface area contributed by atoms with E-state index in [-0.39, 0.29) is 0 Å². The van der Waals surface area contributed by atoms with Crippen molar-refractivity contribution in [2.45, 2.75) is 71.1 Å². The Labute approximate surface area is 117 Å². The van der Waals surface area contributed by atoms with Crippen molar-refractivity contribution in [2.24, 2.45) is 0 Å². The highest BCUT2D eigenvalue weighted by Gasteiger charge is 2.20. The van der Waals surface area contributed by atoms with E-state index in [1.54, 1.807) is 0 Å². The Kier molecular flexibility index (Phi) is 5.17. The predicted molar refractivity (Wildman–Crippen MR) is 80.7 cm³/mol. The summed E-state index contributed by atoms with van der Waals surface area (Å²) in [7, 11) is 0. The zero-order chi connectivity index (χ0) is 13.7. The van der Waals surface area contributed by atoms with Crippen LogP contribution >= 0.6 is 0 Å². The van der Waals surface area contributed by atoms with Crippen molar-refractivity contribution in [3.8, 4) is 0 Å². The Hall–Kier alpha value is -1.12. The average molecular weight is 261 g/mol. The van der Waals surface area contributed by atoms with E-state index >= 15 is 0 Å². The zero-order valence-electron chi connectivity index (χ0n) is 12.6. The largest absolute Gasteiger partial charge is 0.370 e. The van der Waals surface area contributed by atoms with Crippen molar-refractivity contribution in [3.05, 3.63) is 17.6 Å². The normalized spacial score (nSPS) is 17.6. The van der Waals surface area contributed by atoms with Crippen LogP contribution in [0.3, 0.4) is 0 Å². The Morgan fingerprint density at radius 1 is 1.26 bits per heavy atom. The van der Waals surface area contributed by atoms with Crippen LogP contribution < -0.4 is 5.32 Å². The third-order valence-electron chi connectivity index (χ3n) is 4.15. The van der Waals surface area contributed by atoms with Crippen molar-refractivity contribution < 1.29 is 0 Å². The maximum absolute atomic E-state index is 4.84. The molecule has 1 heterocycles. The van der Waals surface area contributed by atoms with Gasteiger partial charge in [-0.25, -0.2) is 9.97 Å². The second-order valence-electron chi connectivity index (χ2n) is 5.75. The molecule has 2 rings (SSSR count). The number of hydrogen-bond acceptors (Lipinski definition) is 3. The molecule has 0 saturated heterocycles. The van der Waals surface area contributed by atoms with Gasteiger partial charge in [0, 0.05) is 30.1 Å². The molecule has 3 heteroatoms. The quantitative estimate of drug-likeness (QED) is 0.821. The molecule has 3 nitrogen and oxygen atoms in total. The summed E-state index contributed by atoms with van der Waals surface area (Å²) in [6.07, 6.45) is 7.52. The van der Waals surface area contributed by atoms with Crippen LogP contribution in [0.2, 0.25) is 0 Å². The fourth-order valence-corrected chi connectivity index (χ4v) is 2.66. The van der Waals surface area contributed by atoms with Crippen molar-refractivity contribution in [1.29, 1.82) is 0 Å². The van der Waals surface area contributed by atoms with E-state index in [1.165, 1.54) is 31.4 Å². The first-order valence-electron chi connectivity index (χ1n) is 7.87. The summed E-state index contributed by atoms with van der Waals surface area (Å²) in [5.74, 6) is 3.15. The predicted octanol–water partition coefficient (Wildman–Crippen LogP) is 4.47. The zero-order valence-corrected chi connectivity index (χ0v) is 12.6. The van der Waals surface area contributed by atoms with E-state index in [0.717, 1.165) is 31.0 Å². The summed E-state index contributed by atoms with van der Waals surface area (Å²) in [4.78, 5) is 9.53. The third kappa shape index (κ3) is 3.68. The fraction of sp³-hybridized carbons (Fsp3) is 0.750. The molecule has 1 unspecified atom stereocenters. The van der Waals surface area contributed by atoms with Crippen LogP contribution in [0.5, 0.6) is 0 Å². The molecule has 19 heavy (non-hydrogen) atoms. The van der Waals surface area contributed by atoms with Gasteiger partial charge in [0.05, 0.1) is 0 Å². The molecule has 1 saturated carbocycles. The Balaban J connectivity index is 2.24. The van der Waals surface area contributed by atoms with Gasteiger partial charge in [-0.05, 0) is 25.7 Å². The lowest BCUT2D eigenvalue weighted by molar-refractivity contribution is 0.640. The third-order valence-corrected chi connectivity index (χ3v) is 4.15. The Morgan fingerprint density at radius 3 is 2.63 bits per heavy atom. The van der Waals surface area contributed by atoms with E-state index in [0.29, 0.717) is 11.8 Å². The van der Waals surface area contributed by atoms with Gasteiger partial charge in [0.2, 0.25) is 0 Å². The molecule has 1 aliphatic rings. The van der Waals surface area contributed by atoms with Crippen LogP contribution in [0, 0.1) is 0 Å². The summed E-state index contributed by atoms with van der Waals surface area (Å²) in [5, 5.41) is 3.43. The fourth-order valence-electron chi connectivity index (χ4n) is 2.66. The van der Waals surface area contributed by atoms with Gasteiger partial charge in [-0.15, -0.1) is 0 Å². The smallest absolute Gasteiger partial charge is 0.133 e. The number of hydrogen-bond donors (Lipinski definition) is 1. The van der Waals surface area contributed by atoms with E-state index in [1.807, 2.05) is 0 Å². The number of nitrogens with one attached hydrogen (secondary N) is 1. The molecule has 0 amide bonds. The highest BCUT2D eigenvalue weighted by atomic mass is 15.0. The van der Waals surface area contributed by atoms with E-state index < -0.39 is 0 Å². The molecular weight excluding hydrogens is 234 g/mol. The first kappa shape index (κ1) is 14.3. The minimum Gasteiger partial charge on any atom is -0.370 e. The molecule has 1 aromatic rings. The molecule has 1 N–H and O–H groups in total. The van der Waals surface area contributed by atoms with Crippen LogP contribution in [-0.2, 0) is 0 Å². The molecule has 1 aliphatic carbocycles. The van der Waals surface area contributed by atoms with Crippen LogP contribution in [0.4, 0.5) is 5.82 Å². The Morgan fingerprint density at radius 2 is 2.00 bits per heavy atom. The molecule has 0 aliphatic heterocycles. The lowest BCUT2D eigenvalue weighted by Gasteiger charge is -2.15. The Bertz CT molecular complexity index is 397. The van der Waals surface area contributed by atoms with Gasteiger partial charge in [0.25, 0.3) is 0 Å². The van der Waals surface area contributed by atoms with Crippen LogP contribution in [0.15, 0.2) is 6.07 Å². The van der Waals surface area contributed by atoms with Crippen molar-refractivity contribution in [2.75, 3.05) is 11.9 Å². The van der Waals surface area contributed by atoms with Gasteiger partial charge in [-0.1, -0.05) is 33.6 Å². The number of anilines is 1. The van der Waals surface area contributed by atoms with Gasteiger partial charge in [0.15, 0.2) is 0 Å². The van der Waals surface area contributed by atoms with Gasteiger partial charge in [0.1, 0.15) is 11.6 Å². The SMILES string of the molecule is CCCNc1cc(C2CCCC2)nc(C(C)CC)n1. The second-order valence-corrected chi connectivity index (χ2v) is 5.75. The lowest BCUT2D eigenvalue weighted by Crippen LogP contribution is -2.10. The highest BCUT2D eigenvalue weighted by molar-refractivity contribution is 5.37. The van der Waals surface area contributed by atoms with Crippen molar-refractivity contribution >= 4 is 5.82 Å². The second kappa shape index (κ2) is 6.88. The van der Waals surface area contributed by atoms with Crippen molar-refractivity contribution in [3.63, 3.8) is 0 Å². The number of rotatable bonds is 6. The van der Waals surface area contributed by atoms with Crippen LogP contribution in [0.25, 0.3) is 0 Å². The van der Waals surface area contributed by atoms with E-state index in [2.05, 4.69) is 32.2 Å². The van der Waals surface area contributed by atoms with Gasteiger partial charge in [-0.2, -0.15) is 0 Å². The van der Waals surface area contributed by atoms with Gasteiger partial charge in [-0.3, -0.25) is 0 Å². The highest BCUT2D eigenvalue weighted by Crippen LogP contribution is 2.34. The minimum absolute atomic E-state index is 0.448. The first-order chi connectivity index (χ1) is 9.24. The maximum Gasteiger partial charge on any atom is 0.133 e. The lowest BCUT2D eigenvalue weighted by atomic mass is 10.0. The summed E-state index contributed by atoms with van der Waals surface area (Å²) in [6.45, 7) is 7.59. The minimum atomic E-state index is 0.448. The standard InChI is InChI=1S/C16H27N3/c1-4-10-17-15-11-14(13-8-6-7-9-13)18-16(19-15)12(3)5-2/h11-13H,4-10H2,1-3H3,(H,17,18,19). The molecule has 1 atom stereocenters. The summed E-state index contributed by atoms with van der Waals surface area (Å²) in [5.41, 5.74) is 1.27. The van der Waals surface area contributed by atoms with E-state index in [9.17, 15) is 0 Å². The van der Waals surface area contributed by atoms with E-state index in [4.69, 9.17) is 9.97 Å². The molecule has 0 bridgehead atoms. The van der Waals surface area contributed by atoms with Gasteiger partial charge < -0.3 is 5.32 Å². The van der Waals surface area contributed by atoms with Crippen LogP contribution in [-0.4, -0.2) is 16.5 Å². The molecule has 1 fully saturated rings. The first-order valence-corrected chi connectivity index (χ1v) is 7.87. The molecule has 106 valence electrons. The van der Waals surface area contributed by atoms with Crippen molar-refractivity contribution in [1.82, 2.24) is 9.97 Å². The molecule has 0 spiro atoms. The number of nitrogens with zero attached hydrogens (tertiary/aromatic N) is 2. The topological polar surface area (TPSA) is 37.8 Å². The number of aromatic nitrogens is 2. The van der Waals surface area contributed by atoms with Gasteiger partial charge >= 0.3 is 0 Å². The molecular formula is C16H27N3. The van der Waals surface area contributed by atoms with Crippen LogP contribution in [0.1, 0.15) is 82.7 Å².